The highest BCUT2D eigenvalue weighted by Crippen LogP contribution is 2.30. The predicted octanol–water partition coefficient (Wildman–Crippen LogP) is 2.41. The van der Waals surface area contributed by atoms with Gasteiger partial charge in [0, 0.05) is 16.5 Å². The number of benzene rings is 2. The van der Waals surface area contributed by atoms with E-state index in [2.05, 4.69) is 26.4 Å². The quantitative estimate of drug-likeness (QED) is 0.519. The van der Waals surface area contributed by atoms with Crippen molar-refractivity contribution in [2.75, 3.05) is 0 Å². The molecule has 4 rings (SSSR count). The predicted molar refractivity (Wildman–Crippen MR) is 105 cm³/mol. The fourth-order valence-corrected chi connectivity index (χ4v) is 3.18. The van der Waals surface area contributed by atoms with E-state index in [1.807, 2.05) is 32.9 Å². The second-order valence-corrected chi connectivity index (χ2v) is 6.67. The van der Waals surface area contributed by atoms with Gasteiger partial charge in [0.05, 0.1) is 5.69 Å². The van der Waals surface area contributed by atoms with Gasteiger partial charge in [0.25, 0.3) is 5.91 Å². The lowest BCUT2D eigenvalue weighted by Crippen LogP contribution is -2.41. The van der Waals surface area contributed by atoms with Crippen LogP contribution in [0.25, 0.3) is 16.7 Å². The Labute approximate surface area is 165 Å². The van der Waals surface area contributed by atoms with Crippen LogP contribution in [0.15, 0.2) is 47.1 Å². The molecule has 0 fully saturated rings. The minimum Gasteiger partial charge on any atom is -0.450 e. The number of fused-ring (bicyclic) bond motifs is 1. The SMILES string of the molecule is Cc1ccc(C)c2c(C)c(C(=O)NNC(=O)c3ccc(-n4cnnn4)cc3)oc12. The van der Waals surface area contributed by atoms with Crippen molar-refractivity contribution in [3.63, 3.8) is 0 Å². The molecule has 0 spiro atoms. The number of aryl methyl sites for hydroxylation is 3. The Bertz CT molecular complexity index is 1210. The lowest BCUT2D eigenvalue weighted by Gasteiger charge is -2.07. The molecule has 0 aliphatic rings. The van der Waals surface area contributed by atoms with Crippen LogP contribution in [0.5, 0.6) is 0 Å². The number of furan rings is 1. The summed E-state index contributed by atoms with van der Waals surface area (Å²) in [5, 5.41) is 11.8. The Balaban J connectivity index is 1.48. The molecule has 2 amide bonds. The highest BCUT2D eigenvalue weighted by molar-refractivity contribution is 6.02. The van der Waals surface area contributed by atoms with Gasteiger partial charge in [-0.1, -0.05) is 12.1 Å². The molecule has 0 bridgehead atoms. The normalized spacial score (nSPS) is 10.9. The molecule has 2 N–H and O–H groups in total. The monoisotopic (exact) mass is 390 g/mol. The minimum atomic E-state index is -0.517. The molecule has 0 saturated heterocycles. The number of nitrogens with one attached hydrogen (secondary N) is 2. The van der Waals surface area contributed by atoms with E-state index >= 15 is 0 Å². The average Bonchev–Trinajstić information content (AvgIpc) is 3.38. The minimum absolute atomic E-state index is 0.173. The fraction of sp³-hybridized carbons (Fsp3) is 0.150. The lowest BCUT2D eigenvalue weighted by atomic mass is 10.0. The summed E-state index contributed by atoms with van der Waals surface area (Å²) in [6.07, 6.45) is 1.45. The van der Waals surface area contributed by atoms with Crippen LogP contribution in [0.4, 0.5) is 0 Å². The summed E-state index contributed by atoms with van der Waals surface area (Å²) in [6.45, 7) is 5.72. The average molecular weight is 390 g/mol. The van der Waals surface area contributed by atoms with Crippen LogP contribution >= 0.6 is 0 Å². The van der Waals surface area contributed by atoms with Gasteiger partial charge in [0.1, 0.15) is 11.9 Å². The number of amides is 2. The molecule has 0 unspecified atom stereocenters. The highest BCUT2D eigenvalue weighted by Gasteiger charge is 2.20. The molecule has 2 aromatic carbocycles. The molecule has 0 radical (unpaired) electrons. The molecule has 9 heteroatoms. The second kappa shape index (κ2) is 7.19. The third-order valence-corrected chi connectivity index (χ3v) is 4.72. The van der Waals surface area contributed by atoms with Gasteiger partial charge in [0.2, 0.25) is 0 Å². The van der Waals surface area contributed by atoms with E-state index in [4.69, 9.17) is 4.42 Å². The third kappa shape index (κ3) is 3.33. The number of carbonyl (C=O) groups is 2. The maximum atomic E-state index is 12.6. The Morgan fingerprint density at radius 1 is 0.931 bits per heavy atom. The standard InChI is InChI=1S/C20H18N6O3/c1-11-4-5-12(2)17-16(11)13(3)18(29-17)20(28)23-22-19(27)14-6-8-15(9-7-14)26-10-21-24-25-26/h4-10H,1-3H3,(H,22,27)(H,23,28). The zero-order chi connectivity index (χ0) is 20.5. The molecular weight excluding hydrogens is 372 g/mol. The first kappa shape index (κ1) is 18.4. The van der Waals surface area contributed by atoms with Crippen LogP contribution in [0.3, 0.4) is 0 Å². The van der Waals surface area contributed by atoms with Crippen LogP contribution < -0.4 is 10.9 Å². The molecule has 29 heavy (non-hydrogen) atoms. The van der Waals surface area contributed by atoms with Gasteiger partial charge in [-0.25, -0.2) is 4.68 Å². The first-order valence-electron chi connectivity index (χ1n) is 8.89. The summed E-state index contributed by atoms with van der Waals surface area (Å²) in [4.78, 5) is 24.9. The Morgan fingerprint density at radius 3 is 2.28 bits per heavy atom. The summed E-state index contributed by atoms with van der Waals surface area (Å²) in [5.74, 6) is -0.800. The van der Waals surface area contributed by atoms with Gasteiger partial charge >= 0.3 is 5.91 Å². The van der Waals surface area contributed by atoms with Crippen molar-refractivity contribution < 1.29 is 14.0 Å². The summed E-state index contributed by atoms with van der Waals surface area (Å²) in [6, 6.07) is 10.5. The highest BCUT2D eigenvalue weighted by atomic mass is 16.3. The number of hydrogen-bond acceptors (Lipinski definition) is 6. The van der Waals surface area contributed by atoms with Crippen molar-refractivity contribution >= 4 is 22.8 Å². The first-order valence-corrected chi connectivity index (χ1v) is 8.89. The fourth-order valence-electron chi connectivity index (χ4n) is 3.18. The van der Waals surface area contributed by atoms with Crippen LogP contribution in [0.2, 0.25) is 0 Å². The van der Waals surface area contributed by atoms with Gasteiger partial charge in [0.15, 0.2) is 5.76 Å². The number of carbonyl (C=O) groups excluding carboxylic acids is 2. The second-order valence-electron chi connectivity index (χ2n) is 6.67. The van der Waals surface area contributed by atoms with E-state index in [0.29, 0.717) is 16.8 Å². The molecule has 0 atom stereocenters. The number of rotatable bonds is 3. The third-order valence-electron chi connectivity index (χ3n) is 4.72. The largest absolute Gasteiger partial charge is 0.450 e. The number of aromatic nitrogens is 4. The van der Waals surface area contributed by atoms with E-state index in [1.165, 1.54) is 11.0 Å². The van der Waals surface area contributed by atoms with Gasteiger partial charge in [-0.05, 0) is 66.6 Å². The lowest BCUT2D eigenvalue weighted by molar-refractivity contribution is 0.0831. The molecular formula is C20H18N6O3. The van der Waals surface area contributed by atoms with Gasteiger partial charge in [-0.2, -0.15) is 0 Å². The zero-order valence-electron chi connectivity index (χ0n) is 16.1. The Hall–Kier alpha value is -4.01. The number of hydrogen-bond donors (Lipinski definition) is 2. The molecule has 2 aromatic heterocycles. The molecule has 0 aliphatic heterocycles. The van der Waals surface area contributed by atoms with Crippen LogP contribution in [-0.4, -0.2) is 32.0 Å². The maximum Gasteiger partial charge on any atom is 0.305 e. The first-order chi connectivity index (χ1) is 14.0. The summed E-state index contributed by atoms with van der Waals surface area (Å²) in [7, 11) is 0. The summed E-state index contributed by atoms with van der Waals surface area (Å²) in [5.41, 5.74) is 9.28. The molecule has 4 aromatic rings. The maximum absolute atomic E-state index is 12.6. The smallest absolute Gasteiger partial charge is 0.305 e. The van der Waals surface area contributed by atoms with Gasteiger partial charge in [-0.3, -0.25) is 20.4 Å². The molecule has 0 saturated carbocycles. The Kier molecular flexibility index (Phi) is 4.55. The molecule has 9 nitrogen and oxygen atoms in total. The summed E-state index contributed by atoms with van der Waals surface area (Å²) < 4.78 is 7.25. The van der Waals surface area contributed by atoms with Crippen molar-refractivity contribution in [2.45, 2.75) is 20.8 Å². The van der Waals surface area contributed by atoms with Crippen LogP contribution in [0.1, 0.15) is 37.6 Å². The number of nitrogens with zero attached hydrogens (tertiary/aromatic N) is 4. The number of tetrazole rings is 1. The van der Waals surface area contributed by atoms with Gasteiger partial charge in [-0.15, -0.1) is 5.10 Å². The number of hydrazine groups is 1. The summed E-state index contributed by atoms with van der Waals surface area (Å²) >= 11 is 0. The van der Waals surface area contributed by atoms with Crippen molar-refractivity contribution in [1.82, 2.24) is 31.1 Å². The van der Waals surface area contributed by atoms with Crippen LogP contribution in [0, 0.1) is 20.8 Å². The van der Waals surface area contributed by atoms with Crippen molar-refractivity contribution in [2.24, 2.45) is 0 Å². The zero-order valence-corrected chi connectivity index (χ0v) is 16.1. The van der Waals surface area contributed by atoms with E-state index in [9.17, 15) is 9.59 Å². The van der Waals surface area contributed by atoms with Crippen molar-refractivity contribution in [3.8, 4) is 5.69 Å². The van der Waals surface area contributed by atoms with Crippen molar-refractivity contribution in [3.05, 3.63) is 70.7 Å². The van der Waals surface area contributed by atoms with E-state index < -0.39 is 11.8 Å². The molecule has 146 valence electrons. The van der Waals surface area contributed by atoms with E-state index in [0.717, 1.165) is 22.1 Å². The van der Waals surface area contributed by atoms with Gasteiger partial charge < -0.3 is 4.42 Å². The Morgan fingerprint density at radius 2 is 1.62 bits per heavy atom. The van der Waals surface area contributed by atoms with Crippen molar-refractivity contribution in [1.29, 1.82) is 0 Å². The molecule has 2 heterocycles. The van der Waals surface area contributed by atoms with Crippen LogP contribution in [-0.2, 0) is 0 Å². The molecule has 0 aliphatic carbocycles. The van der Waals surface area contributed by atoms with E-state index in [-0.39, 0.29) is 5.76 Å². The van der Waals surface area contributed by atoms with E-state index in [1.54, 1.807) is 24.3 Å². The topological polar surface area (TPSA) is 115 Å².